The molecule has 1 aromatic heterocycles. The molecule has 7 rings (SSSR count). The Labute approximate surface area is 289 Å². The molecular weight excluding hydrogens is 635 g/mol. The molecule has 3 aromatic carbocycles. The summed E-state index contributed by atoms with van der Waals surface area (Å²) < 4.78 is 30.9. The maximum atomic E-state index is 13.9. The minimum atomic E-state index is -4.18. The van der Waals surface area contributed by atoms with Gasteiger partial charge in [0.05, 0.1) is 16.6 Å². The number of benzene rings is 3. The van der Waals surface area contributed by atoms with Crippen molar-refractivity contribution in [3.8, 4) is 0 Å². The zero-order chi connectivity index (χ0) is 34.2. The average molecular weight is 682 g/mol. The SMILES string of the molecule is CCCC(=O)NS(=O)(=O)c1ccccc1C(=O)N1CCC(CCN2C3CCC2CC(n2c(C)nc4ccccc42)C3)(c2ccccc2)CC1. The first-order valence-corrected chi connectivity index (χ1v) is 19.4. The van der Waals surface area contributed by atoms with Gasteiger partial charge in [-0.2, -0.15) is 0 Å². The molecular formula is C39H47N5O4S. The number of piperidine rings is 2. The van der Waals surface area contributed by atoms with Gasteiger partial charge in [-0.05, 0) is 100 Å². The molecule has 0 spiro atoms. The van der Waals surface area contributed by atoms with E-state index in [-0.39, 0.29) is 28.2 Å². The molecule has 9 nitrogen and oxygen atoms in total. The number of imidazole rings is 1. The quantitative estimate of drug-likeness (QED) is 0.208. The van der Waals surface area contributed by atoms with E-state index < -0.39 is 15.9 Å². The molecule has 3 aliphatic rings. The van der Waals surface area contributed by atoms with Crippen molar-refractivity contribution in [2.45, 2.75) is 100 Å². The lowest BCUT2D eigenvalue weighted by Crippen LogP contribution is -2.49. The summed E-state index contributed by atoms with van der Waals surface area (Å²) in [5.41, 5.74) is 3.65. The van der Waals surface area contributed by atoms with Gasteiger partial charge in [-0.15, -0.1) is 0 Å². The van der Waals surface area contributed by atoms with Crippen molar-refractivity contribution in [1.82, 2.24) is 24.1 Å². The molecule has 2 unspecified atom stereocenters. The van der Waals surface area contributed by atoms with Gasteiger partial charge >= 0.3 is 0 Å². The van der Waals surface area contributed by atoms with Crippen molar-refractivity contribution in [1.29, 1.82) is 0 Å². The second-order valence-electron chi connectivity index (χ2n) is 14.2. The fraction of sp³-hybridized carbons (Fsp3) is 0.462. The van der Waals surface area contributed by atoms with Crippen molar-refractivity contribution < 1.29 is 18.0 Å². The number of nitrogens with one attached hydrogen (secondary N) is 1. The Bertz CT molecular complexity index is 1920. The molecule has 1 N–H and O–H groups in total. The smallest absolute Gasteiger partial charge is 0.264 e. The number of nitrogens with zero attached hydrogens (tertiary/aromatic N) is 4. The number of carbonyl (C=O) groups excluding carboxylic acids is 2. The van der Waals surface area contributed by atoms with Crippen molar-refractivity contribution in [3.63, 3.8) is 0 Å². The van der Waals surface area contributed by atoms with E-state index in [4.69, 9.17) is 4.98 Å². The largest absolute Gasteiger partial charge is 0.339 e. The highest BCUT2D eigenvalue weighted by atomic mass is 32.2. The molecule has 49 heavy (non-hydrogen) atoms. The summed E-state index contributed by atoms with van der Waals surface area (Å²) in [6.45, 7) is 6.04. The van der Waals surface area contributed by atoms with Crippen molar-refractivity contribution in [3.05, 3.63) is 95.8 Å². The van der Waals surface area contributed by atoms with Crippen LogP contribution in [0.2, 0.25) is 0 Å². The second-order valence-corrected chi connectivity index (χ2v) is 15.9. The van der Waals surface area contributed by atoms with Crippen LogP contribution < -0.4 is 4.72 Å². The Morgan fingerprint density at radius 2 is 1.53 bits per heavy atom. The molecule has 4 heterocycles. The van der Waals surface area contributed by atoms with E-state index in [1.807, 2.05) is 6.92 Å². The van der Waals surface area contributed by atoms with Crippen LogP contribution in [0, 0.1) is 6.92 Å². The number of carbonyl (C=O) groups is 2. The first-order valence-electron chi connectivity index (χ1n) is 17.9. The lowest BCUT2D eigenvalue weighted by molar-refractivity contribution is -0.119. The van der Waals surface area contributed by atoms with Gasteiger partial charge in [-0.3, -0.25) is 14.5 Å². The van der Waals surface area contributed by atoms with Crippen LogP contribution in [0.3, 0.4) is 0 Å². The summed E-state index contributed by atoms with van der Waals surface area (Å²) in [4.78, 5) is 35.4. The maximum Gasteiger partial charge on any atom is 0.264 e. The third-order valence-corrected chi connectivity index (χ3v) is 12.8. The van der Waals surface area contributed by atoms with E-state index in [9.17, 15) is 18.0 Å². The lowest BCUT2D eigenvalue weighted by Gasteiger charge is -2.45. The first-order chi connectivity index (χ1) is 23.7. The third kappa shape index (κ3) is 6.53. The fourth-order valence-electron chi connectivity index (χ4n) is 8.93. The van der Waals surface area contributed by atoms with Crippen LogP contribution in [-0.4, -0.2) is 71.3 Å². The number of amides is 2. The van der Waals surface area contributed by atoms with Gasteiger partial charge in [-0.25, -0.2) is 18.1 Å². The van der Waals surface area contributed by atoms with E-state index in [1.54, 1.807) is 23.1 Å². The predicted molar refractivity (Wildman–Crippen MR) is 191 cm³/mol. The summed E-state index contributed by atoms with van der Waals surface area (Å²) in [7, 11) is -4.18. The minimum absolute atomic E-state index is 0.0782. The maximum absolute atomic E-state index is 13.9. The fourth-order valence-corrected chi connectivity index (χ4v) is 10.1. The van der Waals surface area contributed by atoms with Crippen molar-refractivity contribution >= 4 is 32.9 Å². The van der Waals surface area contributed by atoms with E-state index in [1.165, 1.54) is 30.0 Å². The van der Waals surface area contributed by atoms with Crippen LogP contribution in [-0.2, 0) is 20.2 Å². The molecule has 10 heteroatoms. The predicted octanol–water partition coefficient (Wildman–Crippen LogP) is 6.38. The van der Waals surface area contributed by atoms with Crippen LogP contribution in [0.25, 0.3) is 11.0 Å². The Morgan fingerprint density at radius 1 is 0.878 bits per heavy atom. The average Bonchev–Trinajstić information content (AvgIpc) is 3.57. The molecule has 2 atom stereocenters. The van der Waals surface area contributed by atoms with Crippen LogP contribution >= 0.6 is 0 Å². The second kappa shape index (κ2) is 13.7. The number of fused-ring (bicyclic) bond motifs is 3. The van der Waals surface area contributed by atoms with E-state index >= 15 is 0 Å². The third-order valence-electron chi connectivity index (χ3n) is 11.4. The summed E-state index contributed by atoms with van der Waals surface area (Å²) in [6.07, 6.45) is 7.99. The Hall–Kier alpha value is -4.02. The van der Waals surface area contributed by atoms with Crippen LogP contribution in [0.4, 0.5) is 0 Å². The zero-order valence-corrected chi connectivity index (χ0v) is 29.4. The standard InChI is InChI=1S/C39H47N5O4S/c1-3-11-37(45)41-49(47,48)36-17-10-7-14-33(36)38(46)42-23-20-39(21-24-42,29-12-5-4-6-13-29)22-25-43-30-18-19-31(43)27-32(26-30)44-28(2)40-34-15-8-9-16-35(34)44/h4-10,12-17,30-32H,3,11,18-27H2,1-2H3,(H,41,45). The summed E-state index contributed by atoms with van der Waals surface area (Å²) in [6, 6.07) is 27.0. The Balaban J connectivity index is 1.06. The topological polar surface area (TPSA) is 105 Å². The monoisotopic (exact) mass is 681 g/mol. The molecule has 0 saturated carbocycles. The number of hydrogen-bond acceptors (Lipinski definition) is 6. The number of aryl methyl sites for hydroxylation is 1. The highest BCUT2D eigenvalue weighted by Crippen LogP contribution is 2.45. The molecule has 0 aliphatic carbocycles. The number of hydrogen-bond donors (Lipinski definition) is 1. The summed E-state index contributed by atoms with van der Waals surface area (Å²) in [5.74, 6) is 0.219. The van der Waals surface area contributed by atoms with Gasteiger partial charge in [-0.1, -0.05) is 61.5 Å². The highest BCUT2D eigenvalue weighted by Gasteiger charge is 2.44. The van der Waals surface area contributed by atoms with Gasteiger partial charge in [0, 0.05) is 37.6 Å². The molecule has 3 saturated heterocycles. The normalized spacial score (nSPS) is 22.3. The Kier molecular flexibility index (Phi) is 9.37. The number of likely N-dealkylation sites (tertiary alicyclic amines) is 1. The summed E-state index contributed by atoms with van der Waals surface area (Å²) >= 11 is 0. The van der Waals surface area contributed by atoms with E-state index in [0.717, 1.165) is 50.0 Å². The molecule has 258 valence electrons. The number of sulfonamides is 1. The zero-order valence-electron chi connectivity index (χ0n) is 28.6. The van der Waals surface area contributed by atoms with Gasteiger partial charge in [0.25, 0.3) is 15.9 Å². The molecule has 2 amide bonds. The number of rotatable bonds is 10. The van der Waals surface area contributed by atoms with Gasteiger partial charge in [0.2, 0.25) is 5.91 Å². The summed E-state index contributed by atoms with van der Waals surface area (Å²) in [5, 5.41) is 0. The van der Waals surface area contributed by atoms with E-state index in [0.29, 0.717) is 37.6 Å². The number of para-hydroxylation sites is 2. The van der Waals surface area contributed by atoms with Gasteiger partial charge in [0.15, 0.2) is 0 Å². The molecule has 4 aromatic rings. The van der Waals surface area contributed by atoms with Crippen LogP contribution in [0.5, 0.6) is 0 Å². The first kappa shape index (κ1) is 33.5. The molecule has 3 fully saturated rings. The highest BCUT2D eigenvalue weighted by molar-refractivity contribution is 7.90. The number of aromatic nitrogens is 2. The van der Waals surface area contributed by atoms with Crippen LogP contribution in [0.15, 0.2) is 83.8 Å². The minimum Gasteiger partial charge on any atom is -0.339 e. The van der Waals surface area contributed by atoms with Crippen molar-refractivity contribution in [2.24, 2.45) is 0 Å². The molecule has 2 bridgehead atoms. The van der Waals surface area contributed by atoms with Gasteiger partial charge < -0.3 is 9.47 Å². The van der Waals surface area contributed by atoms with Gasteiger partial charge in [0.1, 0.15) is 10.7 Å². The van der Waals surface area contributed by atoms with Crippen molar-refractivity contribution in [2.75, 3.05) is 19.6 Å². The Morgan fingerprint density at radius 3 is 2.24 bits per heavy atom. The van der Waals surface area contributed by atoms with E-state index in [2.05, 4.69) is 75.7 Å². The molecule has 0 radical (unpaired) electrons. The lowest BCUT2D eigenvalue weighted by atomic mass is 9.70. The molecule has 3 aliphatic heterocycles. The van der Waals surface area contributed by atoms with Crippen LogP contribution in [0.1, 0.15) is 92.5 Å².